The predicted molar refractivity (Wildman–Crippen MR) is 65.7 cm³/mol. The minimum atomic E-state index is -0.638. The number of benzene rings is 1. The lowest BCUT2D eigenvalue weighted by molar-refractivity contribution is 0.438. The molecule has 1 fully saturated rings. The third kappa shape index (κ3) is 2.69. The molecule has 0 saturated carbocycles. The summed E-state index contributed by atoms with van der Waals surface area (Å²) in [5.41, 5.74) is 0.322. The van der Waals surface area contributed by atoms with Crippen molar-refractivity contribution in [3.63, 3.8) is 0 Å². The molecule has 1 aromatic carbocycles. The predicted octanol–water partition coefficient (Wildman–Crippen LogP) is 2.81. The zero-order valence-electron chi connectivity index (χ0n) is 9.64. The van der Waals surface area contributed by atoms with Crippen molar-refractivity contribution >= 4 is 17.3 Å². The van der Waals surface area contributed by atoms with E-state index < -0.39 is 11.6 Å². The molecule has 5 heteroatoms. The summed E-state index contributed by atoms with van der Waals surface area (Å²) in [7, 11) is 1.92. The van der Waals surface area contributed by atoms with E-state index in [2.05, 4.69) is 5.32 Å². The maximum atomic E-state index is 13.7. The van der Waals surface area contributed by atoms with Crippen LogP contribution in [-0.2, 0) is 0 Å². The van der Waals surface area contributed by atoms with E-state index in [1.807, 2.05) is 11.9 Å². The van der Waals surface area contributed by atoms with Crippen LogP contribution in [0, 0.1) is 11.6 Å². The lowest BCUT2D eigenvalue weighted by Gasteiger charge is -2.34. The maximum Gasteiger partial charge on any atom is 0.150 e. The molecule has 0 spiro atoms. The van der Waals surface area contributed by atoms with E-state index in [1.165, 1.54) is 0 Å². The van der Waals surface area contributed by atoms with Crippen LogP contribution in [0.3, 0.4) is 0 Å². The van der Waals surface area contributed by atoms with E-state index >= 15 is 0 Å². The summed E-state index contributed by atoms with van der Waals surface area (Å²) in [5, 5.41) is 3.34. The summed E-state index contributed by atoms with van der Waals surface area (Å²) >= 11 is 5.90. The molecule has 0 unspecified atom stereocenters. The smallest absolute Gasteiger partial charge is 0.150 e. The number of halogens is 3. The SMILES string of the molecule is CNC1CCN(c2c(F)cc(F)cc2Cl)CC1. The van der Waals surface area contributed by atoms with Crippen LogP contribution in [0.1, 0.15) is 12.8 Å². The normalized spacial score (nSPS) is 17.5. The first-order valence-corrected chi connectivity index (χ1v) is 6.06. The Balaban J connectivity index is 2.18. The quantitative estimate of drug-likeness (QED) is 0.880. The van der Waals surface area contributed by atoms with Crippen LogP contribution in [0.5, 0.6) is 0 Å². The molecule has 1 aliphatic heterocycles. The van der Waals surface area contributed by atoms with Gasteiger partial charge in [0, 0.05) is 25.2 Å². The topological polar surface area (TPSA) is 15.3 Å². The van der Waals surface area contributed by atoms with E-state index in [0.717, 1.165) is 38.1 Å². The Morgan fingerprint density at radius 2 is 1.94 bits per heavy atom. The fourth-order valence-electron chi connectivity index (χ4n) is 2.23. The van der Waals surface area contributed by atoms with Crippen molar-refractivity contribution in [2.75, 3.05) is 25.0 Å². The van der Waals surface area contributed by atoms with Crippen LogP contribution in [0.15, 0.2) is 12.1 Å². The number of hydrogen-bond acceptors (Lipinski definition) is 2. The molecule has 17 heavy (non-hydrogen) atoms. The zero-order chi connectivity index (χ0) is 12.4. The number of rotatable bonds is 2. The van der Waals surface area contributed by atoms with E-state index in [0.29, 0.717) is 11.7 Å². The van der Waals surface area contributed by atoms with Crippen molar-refractivity contribution in [1.82, 2.24) is 5.32 Å². The van der Waals surface area contributed by atoms with Gasteiger partial charge < -0.3 is 10.2 Å². The Labute approximate surface area is 105 Å². The summed E-state index contributed by atoms with van der Waals surface area (Å²) in [6.07, 6.45) is 1.87. The van der Waals surface area contributed by atoms with Crippen molar-refractivity contribution in [2.24, 2.45) is 0 Å². The molecule has 0 amide bonds. The van der Waals surface area contributed by atoms with Gasteiger partial charge in [-0.1, -0.05) is 11.6 Å². The van der Waals surface area contributed by atoms with Crippen LogP contribution in [0.25, 0.3) is 0 Å². The lowest BCUT2D eigenvalue weighted by atomic mass is 10.0. The van der Waals surface area contributed by atoms with Gasteiger partial charge in [-0.15, -0.1) is 0 Å². The second-order valence-corrected chi connectivity index (χ2v) is 4.68. The van der Waals surface area contributed by atoms with E-state index in [1.54, 1.807) is 0 Å². The van der Waals surface area contributed by atoms with Crippen LogP contribution in [-0.4, -0.2) is 26.2 Å². The highest BCUT2D eigenvalue weighted by Gasteiger charge is 2.22. The third-order valence-corrected chi connectivity index (χ3v) is 3.49. The highest BCUT2D eigenvalue weighted by molar-refractivity contribution is 6.33. The van der Waals surface area contributed by atoms with Crippen molar-refractivity contribution < 1.29 is 8.78 Å². The van der Waals surface area contributed by atoms with Crippen molar-refractivity contribution in [3.8, 4) is 0 Å². The zero-order valence-corrected chi connectivity index (χ0v) is 10.4. The largest absolute Gasteiger partial charge is 0.368 e. The molecule has 94 valence electrons. The lowest BCUT2D eigenvalue weighted by Crippen LogP contribution is -2.41. The summed E-state index contributed by atoms with van der Waals surface area (Å²) in [4.78, 5) is 1.88. The number of nitrogens with one attached hydrogen (secondary N) is 1. The first-order chi connectivity index (χ1) is 8.11. The van der Waals surface area contributed by atoms with Gasteiger partial charge in [0.25, 0.3) is 0 Å². The molecule has 0 bridgehead atoms. The fourth-order valence-corrected chi connectivity index (χ4v) is 2.54. The first kappa shape index (κ1) is 12.6. The van der Waals surface area contributed by atoms with E-state index in [9.17, 15) is 8.78 Å². The van der Waals surface area contributed by atoms with Gasteiger partial charge in [0.1, 0.15) is 5.82 Å². The molecule has 0 aliphatic carbocycles. The molecule has 1 aromatic rings. The fraction of sp³-hybridized carbons (Fsp3) is 0.500. The van der Waals surface area contributed by atoms with Crippen molar-refractivity contribution in [2.45, 2.75) is 18.9 Å². The van der Waals surface area contributed by atoms with Crippen LogP contribution >= 0.6 is 11.6 Å². The molecule has 1 aliphatic rings. The molecule has 0 radical (unpaired) electrons. The number of hydrogen-bond donors (Lipinski definition) is 1. The molecule has 0 aromatic heterocycles. The van der Waals surface area contributed by atoms with E-state index in [4.69, 9.17) is 11.6 Å². The molecule has 2 nitrogen and oxygen atoms in total. The Kier molecular flexibility index (Phi) is 3.84. The Morgan fingerprint density at radius 3 is 2.47 bits per heavy atom. The highest BCUT2D eigenvalue weighted by Crippen LogP contribution is 2.31. The van der Waals surface area contributed by atoms with Gasteiger partial charge in [-0.2, -0.15) is 0 Å². The second-order valence-electron chi connectivity index (χ2n) is 4.27. The number of piperidine rings is 1. The molecule has 1 heterocycles. The summed E-state index contributed by atoms with van der Waals surface area (Å²) in [5.74, 6) is -1.22. The molecule has 1 N–H and O–H groups in total. The van der Waals surface area contributed by atoms with Gasteiger partial charge in [-0.3, -0.25) is 0 Å². The monoisotopic (exact) mass is 260 g/mol. The van der Waals surface area contributed by atoms with Crippen LogP contribution < -0.4 is 10.2 Å². The molecular formula is C12H15ClF2N2. The minimum absolute atomic E-state index is 0.144. The summed E-state index contributed by atoms with van der Waals surface area (Å²) in [6, 6.07) is 2.50. The van der Waals surface area contributed by atoms with Gasteiger partial charge in [0.05, 0.1) is 10.7 Å². The van der Waals surface area contributed by atoms with Crippen LogP contribution in [0.4, 0.5) is 14.5 Å². The summed E-state index contributed by atoms with van der Waals surface area (Å²) in [6.45, 7) is 1.46. The van der Waals surface area contributed by atoms with Crippen LogP contribution in [0.2, 0.25) is 5.02 Å². The maximum absolute atomic E-state index is 13.7. The Morgan fingerprint density at radius 1 is 1.29 bits per heavy atom. The average Bonchev–Trinajstić information content (AvgIpc) is 2.28. The van der Waals surface area contributed by atoms with Gasteiger partial charge in [0.15, 0.2) is 5.82 Å². The highest BCUT2D eigenvalue weighted by atomic mass is 35.5. The van der Waals surface area contributed by atoms with E-state index in [-0.39, 0.29) is 5.02 Å². The minimum Gasteiger partial charge on any atom is -0.368 e. The molecule has 2 rings (SSSR count). The van der Waals surface area contributed by atoms with Crippen molar-refractivity contribution in [3.05, 3.63) is 28.8 Å². The van der Waals surface area contributed by atoms with Gasteiger partial charge >= 0.3 is 0 Å². The molecular weight excluding hydrogens is 246 g/mol. The Bertz CT molecular complexity index is 380. The summed E-state index contributed by atoms with van der Waals surface area (Å²) < 4.78 is 26.6. The third-order valence-electron chi connectivity index (χ3n) is 3.20. The Hall–Kier alpha value is -0.870. The average molecular weight is 261 g/mol. The number of anilines is 1. The molecule has 1 saturated heterocycles. The molecule has 0 atom stereocenters. The van der Waals surface area contributed by atoms with Gasteiger partial charge in [0.2, 0.25) is 0 Å². The first-order valence-electron chi connectivity index (χ1n) is 5.68. The second kappa shape index (κ2) is 5.19. The van der Waals surface area contributed by atoms with Gasteiger partial charge in [-0.25, -0.2) is 8.78 Å². The van der Waals surface area contributed by atoms with Gasteiger partial charge in [-0.05, 0) is 26.0 Å². The van der Waals surface area contributed by atoms with Crippen molar-refractivity contribution in [1.29, 1.82) is 0 Å². The standard InChI is InChI=1S/C12H15ClF2N2/c1-16-9-2-4-17(5-3-9)12-10(13)6-8(14)7-11(12)15/h6-7,9,16H,2-5H2,1H3. The number of nitrogens with zero attached hydrogens (tertiary/aromatic N) is 1.